The van der Waals surface area contributed by atoms with Gasteiger partial charge in [-0.25, -0.2) is 9.59 Å². The first-order valence-electron chi connectivity index (χ1n) is 7.61. The minimum Gasteiger partial charge on any atom is -0.478 e. The Hall–Kier alpha value is -2.04. The molecule has 1 N–H and O–H groups in total. The van der Waals surface area contributed by atoms with Crippen LogP contribution in [0.3, 0.4) is 0 Å². The fourth-order valence-corrected chi connectivity index (χ4v) is 2.67. The molecule has 1 amide bonds. The highest BCUT2D eigenvalue weighted by atomic mass is 16.6. The van der Waals surface area contributed by atoms with Gasteiger partial charge in [0.25, 0.3) is 0 Å². The van der Waals surface area contributed by atoms with Crippen LogP contribution in [0.15, 0.2) is 24.3 Å². The van der Waals surface area contributed by atoms with Gasteiger partial charge < -0.3 is 14.7 Å². The summed E-state index contributed by atoms with van der Waals surface area (Å²) in [7, 11) is 0. The predicted molar refractivity (Wildman–Crippen MR) is 82.9 cm³/mol. The van der Waals surface area contributed by atoms with Crippen molar-refractivity contribution in [1.82, 2.24) is 4.90 Å². The topological polar surface area (TPSA) is 66.8 Å². The van der Waals surface area contributed by atoms with E-state index >= 15 is 0 Å². The first-order valence-corrected chi connectivity index (χ1v) is 7.61. The van der Waals surface area contributed by atoms with Gasteiger partial charge in [0.15, 0.2) is 0 Å². The number of carbonyl (C=O) groups is 2. The van der Waals surface area contributed by atoms with E-state index in [9.17, 15) is 9.59 Å². The fraction of sp³-hybridized carbons (Fsp3) is 0.529. The summed E-state index contributed by atoms with van der Waals surface area (Å²) in [6.45, 7) is 6.22. The van der Waals surface area contributed by atoms with E-state index in [1.165, 1.54) is 0 Å². The molecule has 0 saturated carbocycles. The van der Waals surface area contributed by atoms with E-state index in [1.807, 2.05) is 20.8 Å². The zero-order chi connectivity index (χ0) is 16.3. The van der Waals surface area contributed by atoms with Gasteiger partial charge in [0.05, 0.1) is 11.6 Å². The van der Waals surface area contributed by atoms with E-state index in [0.717, 1.165) is 24.8 Å². The minimum absolute atomic E-state index is 0.0496. The molecule has 1 saturated heterocycles. The summed E-state index contributed by atoms with van der Waals surface area (Å²) < 4.78 is 5.48. The van der Waals surface area contributed by atoms with E-state index in [-0.39, 0.29) is 17.7 Å². The molecule has 0 aliphatic carbocycles. The standard InChI is InChI=1S/C17H23NO4/c1-17(2,3)22-16(21)18-11-5-4-6-14(18)12-7-9-13(10-8-12)15(19)20/h7-10,14H,4-6,11H2,1-3H3,(H,19,20)/t14-/m0/s1. The number of amides is 1. The third-order valence-electron chi connectivity index (χ3n) is 3.67. The van der Waals surface area contributed by atoms with Gasteiger partial charge in [-0.05, 0) is 57.7 Å². The number of nitrogens with zero attached hydrogens (tertiary/aromatic N) is 1. The maximum atomic E-state index is 12.4. The van der Waals surface area contributed by atoms with E-state index < -0.39 is 11.6 Å². The third-order valence-corrected chi connectivity index (χ3v) is 3.67. The van der Waals surface area contributed by atoms with Crippen LogP contribution >= 0.6 is 0 Å². The summed E-state index contributed by atoms with van der Waals surface area (Å²) in [5.74, 6) is -0.945. The number of hydrogen-bond acceptors (Lipinski definition) is 3. The van der Waals surface area contributed by atoms with E-state index in [0.29, 0.717) is 6.54 Å². The van der Waals surface area contributed by atoms with Crippen LogP contribution in [0.4, 0.5) is 4.79 Å². The molecule has 0 bridgehead atoms. The average Bonchev–Trinajstić information content (AvgIpc) is 2.45. The van der Waals surface area contributed by atoms with Crippen molar-refractivity contribution < 1.29 is 19.4 Å². The van der Waals surface area contributed by atoms with Crippen molar-refractivity contribution in [1.29, 1.82) is 0 Å². The predicted octanol–water partition coefficient (Wildman–Crippen LogP) is 3.85. The van der Waals surface area contributed by atoms with Crippen LogP contribution in [0.25, 0.3) is 0 Å². The Morgan fingerprint density at radius 3 is 2.36 bits per heavy atom. The molecule has 1 aromatic rings. The largest absolute Gasteiger partial charge is 0.478 e. The van der Waals surface area contributed by atoms with E-state index in [1.54, 1.807) is 29.2 Å². The van der Waals surface area contributed by atoms with Gasteiger partial charge in [-0.2, -0.15) is 0 Å². The second-order valence-corrected chi connectivity index (χ2v) is 6.61. The van der Waals surface area contributed by atoms with Crippen molar-refractivity contribution in [3.05, 3.63) is 35.4 Å². The quantitative estimate of drug-likeness (QED) is 0.901. The van der Waals surface area contributed by atoms with Crippen LogP contribution in [0.1, 0.15) is 62.0 Å². The molecule has 5 nitrogen and oxygen atoms in total. The maximum Gasteiger partial charge on any atom is 0.410 e. The van der Waals surface area contributed by atoms with Crippen LogP contribution in [0, 0.1) is 0 Å². The molecule has 2 rings (SSSR count). The van der Waals surface area contributed by atoms with Gasteiger partial charge in [0, 0.05) is 6.54 Å². The first kappa shape index (κ1) is 16.3. The first-order chi connectivity index (χ1) is 10.3. The van der Waals surface area contributed by atoms with Gasteiger partial charge in [0.1, 0.15) is 5.60 Å². The molecule has 1 aliphatic heterocycles. The molecular weight excluding hydrogens is 282 g/mol. The molecule has 0 aromatic heterocycles. The lowest BCUT2D eigenvalue weighted by Crippen LogP contribution is -2.41. The van der Waals surface area contributed by atoms with Crippen molar-refractivity contribution in [2.45, 2.75) is 51.7 Å². The van der Waals surface area contributed by atoms with Gasteiger partial charge >= 0.3 is 12.1 Å². The van der Waals surface area contributed by atoms with Crippen LogP contribution in [-0.2, 0) is 4.74 Å². The second kappa shape index (κ2) is 6.38. The Kier molecular flexibility index (Phi) is 4.74. The summed E-state index contributed by atoms with van der Waals surface area (Å²) in [5, 5.41) is 8.97. The summed E-state index contributed by atoms with van der Waals surface area (Å²) in [4.78, 5) is 25.1. The van der Waals surface area contributed by atoms with Crippen LogP contribution < -0.4 is 0 Å². The number of carboxylic acids is 1. The van der Waals surface area contributed by atoms with Crippen LogP contribution in [0.2, 0.25) is 0 Å². The Labute approximate surface area is 130 Å². The number of carbonyl (C=O) groups excluding carboxylic acids is 1. The molecule has 1 fully saturated rings. The zero-order valence-electron chi connectivity index (χ0n) is 13.3. The highest BCUT2D eigenvalue weighted by Crippen LogP contribution is 2.32. The number of carboxylic acid groups (broad SMARTS) is 1. The Balaban J connectivity index is 2.19. The van der Waals surface area contributed by atoms with Gasteiger partial charge in [-0.15, -0.1) is 0 Å². The molecule has 1 aliphatic rings. The molecule has 1 aromatic carbocycles. The van der Waals surface area contributed by atoms with Crippen LogP contribution in [-0.4, -0.2) is 34.2 Å². The number of benzene rings is 1. The monoisotopic (exact) mass is 305 g/mol. The lowest BCUT2D eigenvalue weighted by molar-refractivity contribution is 0.00948. The molecule has 22 heavy (non-hydrogen) atoms. The number of rotatable bonds is 2. The van der Waals surface area contributed by atoms with Crippen molar-refractivity contribution in [2.24, 2.45) is 0 Å². The summed E-state index contributed by atoms with van der Waals surface area (Å²) >= 11 is 0. The lowest BCUT2D eigenvalue weighted by Gasteiger charge is -2.37. The average molecular weight is 305 g/mol. The Morgan fingerprint density at radius 2 is 1.82 bits per heavy atom. The van der Waals surface area contributed by atoms with Crippen LogP contribution in [0.5, 0.6) is 0 Å². The molecule has 1 heterocycles. The number of piperidine rings is 1. The van der Waals surface area contributed by atoms with Crippen molar-refractivity contribution in [3.8, 4) is 0 Å². The van der Waals surface area contributed by atoms with Gasteiger partial charge in [0.2, 0.25) is 0 Å². The summed E-state index contributed by atoms with van der Waals surface area (Å²) in [6.07, 6.45) is 2.57. The van der Waals surface area contributed by atoms with Crippen molar-refractivity contribution >= 4 is 12.1 Å². The molecule has 0 unspecified atom stereocenters. The SMILES string of the molecule is CC(C)(C)OC(=O)N1CCCC[C@H]1c1ccc(C(=O)O)cc1. The molecule has 120 valence electrons. The van der Waals surface area contributed by atoms with E-state index in [4.69, 9.17) is 9.84 Å². The second-order valence-electron chi connectivity index (χ2n) is 6.61. The minimum atomic E-state index is -0.945. The van der Waals surface area contributed by atoms with Gasteiger partial charge in [-0.1, -0.05) is 12.1 Å². The summed E-state index contributed by atoms with van der Waals surface area (Å²) in [6, 6.07) is 6.69. The molecule has 0 radical (unpaired) electrons. The Morgan fingerprint density at radius 1 is 1.18 bits per heavy atom. The van der Waals surface area contributed by atoms with Crippen molar-refractivity contribution in [3.63, 3.8) is 0 Å². The number of ether oxygens (including phenoxy) is 1. The molecule has 1 atom stereocenters. The lowest BCUT2D eigenvalue weighted by atomic mass is 9.95. The molecule has 0 spiro atoms. The molecule has 5 heteroatoms. The fourth-order valence-electron chi connectivity index (χ4n) is 2.67. The van der Waals surface area contributed by atoms with Crippen molar-refractivity contribution in [2.75, 3.05) is 6.54 Å². The maximum absolute atomic E-state index is 12.4. The number of aromatic carboxylic acids is 1. The number of hydrogen-bond donors (Lipinski definition) is 1. The van der Waals surface area contributed by atoms with Gasteiger partial charge in [-0.3, -0.25) is 0 Å². The zero-order valence-corrected chi connectivity index (χ0v) is 13.3. The smallest absolute Gasteiger partial charge is 0.410 e. The third kappa shape index (κ3) is 4.00. The highest BCUT2D eigenvalue weighted by molar-refractivity contribution is 5.87. The number of likely N-dealkylation sites (tertiary alicyclic amines) is 1. The normalized spacial score (nSPS) is 18.9. The molecular formula is C17H23NO4. The summed E-state index contributed by atoms with van der Waals surface area (Å²) in [5.41, 5.74) is 0.686. The highest BCUT2D eigenvalue weighted by Gasteiger charge is 2.31. The van der Waals surface area contributed by atoms with E-state index in [2.05, 4.69) is 0 Å². The Bertz CT molecular complexity index is 545.